The highest BCUT2D eigenvalue weighted by Crippen LogP contribution is 2.41. The van der Waals surface area contributed by atoms with Gasteiger partial charge in [-0.15, -0.1) is 0 Å². The SMILES string of the molecule is Cc1nc2c(c(C(=O)O)n1)-c1c([nH]c(Br)c1Br)C(=O)NC2. The maximum atomic E-state index is 12.1. The molecule has 108 valence electrons. The lowest BCUT2D eigenvalue weighted by Crippen LogP contribution is -2.22. The summed E-state index contributed by atoms with van der Waals surface area (Å²) in [6.45, 7) is 1.76. The van der Waals surface area contributed by atoms with Gasteiger partial charge in [-0.3, -0.25) is 4.79 Å². The van der Waals surface area contributed by atoms with Crippen LogP contribution in [0.25, 0.3) is 11.1 Å². The van der Waals surface area contributed by atoms with Crippen LogP contribution in [0.15, 0.2) is 9.08 Å². The maximum Gasteiger partial charge on any atom is 0.355 e. The summed E-state index contributed by atoms with van der Waals surface area (Å²) in [5.41, 5.74) is 1.41. The molecule has 0 aromatic carbocycles. The number of rotatable bonds is 1. The van der Waals surface area contributed by atoms with Crippen molar-refractivity contribution in [2.24, 2.45) is 0 Å². The summed E-state index contributed by atoms with van der Waals surface area (Å²) >= 11 is 6.65. The molecule has 2 aromatic heterocycles. The summed E-state index contributed by atoms with van der Waals surface area (Å²) in [7, 11) is 0. The lowest BCUT2D eigenvalue weighted by atomic mass is 10.0. The molecule has 1 aliphatic rings. The van der Waals surface area contributed by atoms with E-state index >= 15 is 0 Å². The molecule has 0 atom stereocenters. The van der Waals surface area contributed by atoms with E-state index in [1.165, 1.54) is 0 Å². The normalized spacial score (nSPS) is 13.2. The van der Waals surface area contributed by atoms with E-state index in [1.54, 1.807) is 6.92 Å². The number of H-pyrrole nitrogens is 1. The van der Waals surface area contributed by atoms with Gasteiger partial charge in [0.05, 0.1) is 21.3 Å². The highest BCUT2D eigenvalue weighted by Gasteiger charge is 2.31. The molecule has 3 rings (SSSR count). The molecule has 0 spiro atoms. The number of hydrogen-bond acceptors (Lipinski definition) is 4. The van der Waals surface area contributed by atoms with Gasteiger partial charge in [0, 0.05) is 11.1 Å². The van der Waals surface area contributed by atoms with Crippen LogP contribution in [-0.4, -0.2) is 31.9 Å². The third kappa shape index (κ3) is 2.16. The minimum Gasteiger partial charge on any atom is -0.476 e. The van der Waals surface area contributed by atoms with Gasteiger partial charge < -0.3 is 15.4 Å². The zero-order valence-electron chi connectivity index (χ0n) is 10.6. The molecule has 7 nitrogen and oxygen atoms in total. The molecular formula is C12H8Br2N4O3. The summed E-state index contributed by atoms with van der Waals surface area (Å²) in [5.74, 6) is -1.15. The largest absolute Gasteiger partial charge is 0.476 e. The van der Waals surface area contributed by atoms with Crippen LogP contribution in [0, 0.1) is 6.92 Å². The van der Waals surface area contributed by atoms with Gasteiger partial charge in [-0.25, -0.2) is 14.8 Å². The maximum absolute atomic E-state index is 12.1. The molecule has 3 N–H and O–H groups in total. The summed E-state index contributed by atoms with van der Waals surface area (Å²) in [6.07, 6.45) is 0. The third-order valence-corrected chi connectivity index (χ3v) is 5.01. The van der Waals surface area contributed by atoms with Crippen molar-refractivity contribution in [3.8, 4) is 11.1 Å². The number of aromatic carboxylic acids is 1. The molecule has 1 aliphatic heterocycles. The second kappa shape index (κ2) is 4.92. The number of aromatic nitrogens is 3. The van der Waals surface area contributed by atoms with Gasteiger partial charge in [0.1, 0.15) is 11.5 Å². The Morgan fingerprint density at radius 3 is 2.67 bits per heavy atom. The molecule has 0 saturated heterocycles. The van der Waals surface area contributed by atoms with Crippen molar-refractivity contribution in [2.45, 2.75) is 13.5 Å². The third-order valence-electron chi connectivity index (χ3n) is 3.09. The minimum absolute atomic E-state index is 0.123. The number of carboxylic acid groups (broad SMARTS) is 1. The Kier molecular flexibility index (Phi) is 3.33. The molecule has 3 heterocycles. The van der Waals surface area contributed by atoms with Crippen LogP contribution in [0.5, 0.6) is 0 Å². The second-order valence-electron chi connectivity index (χ2n) is 4.43. The molecule has 0 radical (unpaired) electrons. The number of aryl methyl sites for hydroxylation is 1. The first kappa shape index (κ1) is 14.2. The number of nitrogens with zero attached hydrogens (tertiary/aromatic N) is 2. The fourth-order valence-corrected chi connectivity index (χ4v) is 3.17. The van der Waals surface area contributed by atoms with Gasteiger partial charge in [0.15, 0.2) is 5.69 Å². The predicted molar refractivity (Wildman–Crippen MR) is 80.1 cm³/mol. The summed E-state index contributed by atoms with van der Waals surface area (Å²) in [5, 5.41) is 12.1. The number of aromatic amines is 1. The van der Waals surface area contributed by atoms with Crippen LogP contribution < -0.4 is 5.32 Å². The van der Waals surface area contributed by atoms with Crippen molar-refractivity contribution >= 4 is 43.7 Å². The van der Waals surface area contributed by atoms with Crippen LogP contribution >= 0.6 is 31.9 Å². The number of fused-ring (bicyclic) bond motifs is 3. The van der Waals surface area contributed by atoms with Gasteiger partial charge in [-0.2, -0.15) is 0 Å². The van der Waals surface area contributed by atoms with Crippen molar-refractivity contribution in [1.29, 1.82) is 0 Å². The van der Waals surface area contributed by atoms with Crippen LogP contribution in [0.2, 0.25) is 0 Å². The van der Waals surface area contributed by atoms with Crippen LogP contribution in [-0.2, 0) is 6.54 Å². The van der Waals surface area contributed by atoms with Crippen molar-refractivity contribution < 1.29 is 14.7 Å². The smallest absolute Gasteiger partial charge is 0.355 e. The molecule has 9 heteroatoms. The van der Waals surface area contributed by atoms with Crippen molar-refractivity contribution in [1.82, 2.24) is 20.3 Å². The van der Waals surface area contributed by atoms with E-state index in [4.69, 9.17) is 0 Å². The van der Waals surface area contributed by atoms with Crippen molar-refractivity contribution in [3.05, 3.63) is 32.0 Å². The van der Waals surface area contributed by atoms with E-state index in [9.17, 15) is 14.7 Å². The molecule has 0 bridgehead atoms. The standard InChI is InChI=1S/C12H8Br2N4O3/c1-3-16-4-2-15-11(19)8-6(7(13)10(14)18-8)5(4)9(17-3)12(20)21/h18H,2H2,1H3,(H,15,19)(H,20,21). The average Bonchev–Trinajstić information content (AvgIpc) is 2.63. The lowest BCUT2D eigenvalue weighted by molar-refractivity contribution is 0.0690. The summed E-state index contributed by atoms with van der Waals surface area (Å²) < 4.78 is 1.11. The number of carboxylic acids is 1. The van der Waals surface area contributed by atoms with E-state index in [-0.39, 0.29) is 23.8 Å². The molecule has 2 aromatic rings. The number of carbonyl (C=O) groups is 2. The van der Waals surface area contributed by atoms with Gasteiger partial charge in [-0.1, -0.05) is 0 Å². The summed E-state index contributed by atoms with van der Waals surface area (Å²) in [4.78, 5) is 34.8. The molecule has 21 heavy (non-hydrogen) atoms. The number of halogens is 2. The Morgan fingerprint density at radius 1 is 1.29 bits per heavy atom. The van der Waals surface area contributed by atoms with Gasteiger partial charge >= 0.3 is 5.97 Å². The fraction of sp³-hybridized carbons (Fsp3) is 0.167. The molecule has 0 unspecified atom stereocenters. The molecule has 0 fully saturated rings. The number of amides is 1. The van der Waals surface area contributed by atoms with Gasteiger partial charge in [0.2, 0.25) is 0 Å². The Balaban J connectivity index is 2.45. The average molecular weight is 416 g/mol. The first-order chi connectivity index (χ1) is 9.90. The Bertz CT molecular complexity index is 800. The fourth-order valence-electron chi connectivity index (χ4n) is 2.28. The van der Waals surface area contributed by atoms with E-state index in [0.717, 1.165) is 0 Å². The monoisotopic (exact) mass is 414 g/mol. The minimum atomic E-state index is -1.17. The van der Waals surface area contributed by atoms with Gasteiger partial charge in [-0.05, 0) is 38.8 Å². The zero-order chi connectivity index (χ0) is 15.3. The Hall–Kier alpha value is -1.74. The van der Waals surface area contributed by atoms with Crippen LogP contribution in [0.4, 0.5) is 0 Å². The van der Waals surface area contributed by atoms with Crippen LogP contribution in [0.1, 0.15) is 32.5 Å². The summed E-state index contributed by atoms with van der Waals surface area (Å²) in [6, 6.07) is 0. The van der Waals surface area contributed by atoms with Crippen LogP contribution in [0.3, 0.4) is 0 Å². The zero-order valence-corrected chi connectivity index (χ0v) is 13.8. The highest BCUT2D eigenvalue weighted by atomic mass is 79.9. The number of nitrogens with one attached hydrogen (secondary N) is 2. The molecule has 0 aliphatic carbocycles. The van der Waals surface area contributed by atoms with Gasteiger partial charge in [0.25, 0.3) is 5.91 Å². The topological polar surface area (TPSA) is 108 Å². The highest BCUT2D eigenvalue weighted by molar-refractivity contribution is 9.13. The van der Waals surface area contributed by atoms with E-state index < -0.39 is 5.97 Å². The van der Waals surface area contributed by atoms with E-state index in [1.807, 2.05) is 0 Å². The number of carbonyl (C=O) groups excluding carboxylic acids is 1. The van der Waals surface area contributed by atoms with E-state index in [0.29, 0.717) is 31.7 Å². The lowest BCUT2D eigenvalue weighted by Gasteiger charge is -2.10. The molecule has 0 saturated carbocycles. The Morgan fingerprint density at radius 2 is 2.00 bits per heavy atom. The van der Waals surface area contributed by atoms with E-state index in [2.05, 4.69) is 52.1 Å². The first-order valence-electron chi connectivity index (χ1n) is 5.86. The predicted octanol–water partition coefficient (Wildman–Crippen LogP) is 2.25. The first-order valence-corrected chi connectivity index (χ1v) is 7.45. The molecule has 1 amide bonds. The van der Waals surface area contributed by atoms with Crippen molar-refractivity contribution in [2.75, 3.05) is 0 Å². The Labute approximate surface area is 135 Å². The van der Waals surface area contributed by atoms with Crippen molar-refractivity contribution in [3.63, 3.8) is 0 Å². The number of hydrogen-bond donors (Lipinski definition) is 3. The quantitative estimate of drug-likeness (QED) is 0.661. The molecular weight excluding hydrogens is 408 g/mol. The second-order valence-corrected chi connectivity index (χ2v) is 6.02.